The first kappa shape index (κ1) is 16.4. The minimum absolute atomic E-state index is 0.431. The lowest BCUT2D eigenvalue weighted by molar-refractivity contribution is 0.294. The Bertz CT molecular complexity index is 587. The van der Waals surface area contributed by atoms with Crippen LogP contribution in [0.4, 0.5) is 0 Å². The summed E-state index contributed by atoms with van der Waals surface area (Å²) in [6, 6.07) is 5.51. The molecule has 0 bridgehead atoms. The first-order valence-corrected chi connectivity index (χ1v) is 8.89. The summed E-state index contributed by atoms with van der Waals surface area (Å²) in [5.74, 6) is 0. The third kappa shape index (κ3) is 3.83. The van der Waals surface area contributed by atoms with Gasteiger partial charge >= 0.3 is 0 Å². The molecule has 21 heavy (non-hydrogen) atoms. The fourth-order valence-electron chi connectivity index (χ4n) is 2.82. The van der Waals surface area contributed by atoms with Crippen LogP contribution in [0.15, 0.2) is 23.1 Å². The molecule has 1 heterocycles. The van der Waals surface area contributed by atoms with Crippen LogP contribution in [0.25, 0.3) is 0 Å². The van der Waals surface area contributed by atoms with E-state index in [1.54, 1.807) is 10.4 Å². The highest BCUT2D eigenvalue weighted by molar-refractivity contribution is 7.89. The molecule has 2 rings (SSSR count). The predicted molar refractivity (Wildman–Crippen MR) is 84.8 cm³/mol. The van der Waals surface area contributed by atoms with Gasteiger partial charge in [0.2, 0.25) is 10.0 Å². The fourth-order valence-corrected chi connectivity index (χ4v) is 4.50. The maximum atomic E-state index is 12.8. The van der Waals surface area contributed by atoms with Crippen molar-refractivity contribution in [3.8, 4) is 0 Å². The number of sulfonamides is 1. The topological polar surface area (TPSA) is 66.6 Å². The molecular formula is C15H25N3O2S. The zero-order chi connectivity index (χ0) is 15.5. The van der Waals surface area contributed by atoms with Crippen molar-refractivity contribution in [1.82, 2.24) is 9.21 Å². The van der Waals surface area contributed by atoms with E-state index in [0.717, 1.165) is 37.2 Å². The van der Waals surface area contributed by atoms with E-state index in [2.05, 4.69) is 4.90 Å². The van der Waals surface area contributed by atoms with Crippen LogP contribution in [0.1, 0.15) is 17.5 Å². The van der Waals surface area contributed by atoms with Crippen LogP contribution >= 0.6 is 0 Å². The molecule has 0 aliphatic carbocycles. The highest BCUT2D eigenvalue weighted by atomic mass is 32.2. The number of nitrogens with two attached hydrogens (primary N) is 1. The van der Waals surface area contributed by atoms with Crippen molar-refractivity contribution in [3.05, 3.63) is 29.3 Å². The van der Waals surface area contributed by atoms with Crippen LogP contribution in [0.5, 0.6) is 0 Å². The molecule has 0 amide bonds. The standard InChI is InChI=1S/C15H25N3O2S/c1-13-4-5-15(14(2)12-13)21(19,20)18-8-3-7-17(9-6-16)10-11-18/h4-5,12H,3,6-11,16H2,1-2H3. The Morgan fingerprint density at radius 1 is 1.14 bits per heavy atom. The molecule has 1 aromatic rings. The Hall–Kier alpha value is -0.950. The second kappa shape index (κ2) is 6.87. The molecule has 2 N–H and O–H groups in total. The average Bonchev–Trinajstić information content (AvgIpc) is 2.65. The molecule has 1 aromatic carbocycles. The molecule has 1 saturated heterocycles. The van der Waals surface area contributed by atoms with Gasteiger partial charge in [-0.2, -0.15) is 4.31 Å². The minimum Gasteiger partial charge on any atom is -0.329 e. The summed E-state index contributed by atoms with van der Waals surface area (Å²) in [7, 11) is -3.40. The van der Waals surface area contributed by atoms with E-state index in [-0.39, 0.29) is 0 Å². The predicted octanol–water partition coefficient (Wildman–Crippen LogP) is 0.959. The normalized spacial score (nSPS) is 18.6. The molecule has 0 aromatic heterocycles. The molecule has 0 saturated carbocycles. The van der Waals surface area contributed by atoms with Crippen molar-refractivity contribution in [2.24, 2.45) is 5.73 Å². The van der Waals surface area contributed by atoms with Crippen LogP contribution in [-0.2, 0) is 10.0 Å². The van der Waals surface area contributed by atoms with Crippen LogP contribution in [0, 0.1) is 13.8 Å². The van der Waals surface area contributed by atoms with Gasteiger partial charge in [0.05, 0.1) is 4.90 Å². The van der Waals surface area contributed by atoms with Gasteiger partial charge in [0.1, 0.15) is 0 Å². The van der Waals surface area contributed by atoms with Crippen LogP contribution < -0.4 is 5.73 Å². The number of benzene rings is 1. The summed E-state index contributed by atoms with van der Waals surface area (Å²) in [5, 5.41) is 0. The molecule has 118 valence electrons. The molecule has 1 aliphatic heterocycles. The monoisotopic (exact) mass is 311 g/mol. The summed E-state index contributed by atoms with van der Waals surface area (Å²) >= 11 is 0. The Morgan fingerprint density at radius 3 is 2.57 bits per heavy atom. The number of aryl methyl sites for hydroxylation is 2. The number of rotatable bonds is 4. The van der Waals surface area contributed by atoms with Gasteiger partial charge in [-0.05, 0) is 38.4 Å². The van der Waals surface area contributed by atoms with Gasteiger partial charge in [0, 0.05) is 32.7 Å². The van der Waals surface area contributed by atoms with Crippen molar-refractivity contribution in [3.63, 3.8) is 0 Å². The summed E-state index contributed by atoms with van der Waals surface area (Å²) in [6.07, 6.45) is 0.851. The van der Waals surface area contributed by atoms with E-state index in [9.17, 15) is 8.42 Å². The second-order valence-corrected chi connectivity index (χ2v) is 7.56. The maximum absolute atomic E-state index is 12.8. The molecule has 1 fully saturated rings. The van der Waals surface area contributed by atoms with Gasteiger partial charge in [-0.1, -0.05) is 17.7 Å². The zero-order valence-electron chi connectivity index (χ0n) is 12.9. The largest absolute Gasteiger partial charge is 0.329 e. The Balaban J connectivity index is 2.19. The SMILES string of the molecule is Cc1ccc(S(=O)(=O)N2CCCN(CCN)CC2)c(C)c1. The van der Waals surface area contributed by atoms with E-state index >= 15 is 0 Å². The molecule has 6 heteroatoms. The van der Waals surface area contributed by atoms with Gasteiger partial charge in [-0.25, -0.2) is 8.42 Å². The van der Waals surface area contributed by atoms with Crippen LogP contribution in [-0.4, -0.2) is 56.9 Å². The van der Waals surface area contributed by atoms with E-state index in [4.69, 9.17) is 5.73 Å². The molecule has 0 radical (unpaired) electrons. The summed E-state index contributed by atoms with van der Waals surface area (Å²) < 4.78 is 27.3. The molecular weight excluding hydrogens is 286 g/mol. The molecule has 0 unspecified atom stereocenters. The van der Waals surface area contributed by atoms with Gasteiger partial charge in [0.25, 0.3) is 0 Å². The van der Waals surface area contributed by atoms with Crippen molar-refractivity contribution < 1.29 is 8.42 Å². The lowest BCUT2D eigenvalue weighted by Gasteiger charge is -2.22. The van der Waals surface area contributed by atoms with E-state index in [1.807, 2.05) is 26.0 Å². The smallest absolute Gasteiger partial charge is 0.243 e. The minimum atomic E-state index is -3.40. The van der Waals surface area contributed by atoms with Crippen molar-refractivity contribution in [1.29, 1.82) is 0 Å². The lowest BCUT2D eigenvalue weighted by atomic mass is 10.2. The summed E-state index contributed by atoms with van der Waals surface area (Å²) in [6.45, 7) is 8.06. The Morgan fingerprint density at radius 2 is 1.90 bits per heavy atom. The van der Waals surface area contributed by atoms with Crippen LogP contribution in [0.3, 0.4) is 0 Å². The number of nitrogens with zero attached hydrogens (tertiary/aromatic N) is 2. The fraction of sp³-hybridized carbons (Fsp3) is 0.600. The first-order chi connectivity index (χ1) is 9.95. The van der Waals surface area contributed by atoms with E-state index in [1.165, 1.54) is 0 Å². The second-order valence-electron chi connectivity index (χ2n) is 5.66. The van der Waals surface area contributed by atoms with E-state index in [0.29, 0.717) is 24.5 Å². The quantitative estimate of drug-likeness (QED) is 0.899. The van der Waals surface area contributed by atoms with E-state index < -0.39 is 10.0 Å². The molecule has 0 atom stereocenters. The van der Waals surface area contributed by atoms with Gasteiger partial charge in [0.15, 0.2) is 0 Å². The average molecular weight is 311 g/mol. The van der Waals surface area contributed by atoms with Crippen molar-refractivity contribution in [2.45, 2.75) is 25.2 Å². The maximum Gasteiger partial charge on any atom is 0.243 e. The number of hydrogen-bond acceptors (Lipinski definition) is 4. The Kier molecular flexibility index (Phi) is 5.37. The molecule has 5 nitrogen and oxygen atoms in total. The molecule has 1 aliphatic rings. The van der Waals surface area contributed by atoms with Gasteiger partial charge in [-0.3, -0.25) is 0 Å². The lowest BCUT2D eigenvalue weighted by Crippen LogP contribution is -2.36. The van der Waals surface area contributed by atoms with Crippen LogP contribution in [0.2, 0.25) is 0 Å². The summed E-state index contributed by atoms with van der Waals surface area (Å²) in [5.41, 5.74) is 7.48. The van der Waals surface area contributed by atoms with Crippen molar-refractivity contribution in [2.75, 3.05) is 39.3 Å². The Labute approximate surface area is 127 Å². The summed E-state index contributed by atoms with van der Waals surface area (Å²) in [4.78, 5) is 2.66. The third-order valence-corrected chi connectivity index (χ3v) is 6.00. The number of hydrogen-bond donors (Lipinski definition) is 1. The van der Waals surface area contributed by atoms with Gasteiger partial charge in [-0.15, -0.1) is 0 Å². The van der Waals surface area contributed by atoms with Gasteiger partial charge < -0.3 is 10.6 Å². The highest BCUT2D eigenvalue weighted by Gasteiger charge is 2.27. The zero-order valence-corrected chi connectivity index (χ0v) is 13.7. The van der Waals surface area contributed by atoms with Crippen molar-refractivity contribution >= 4 is 10.0 Å². The molecule has 0 spiro atoms. The highest BCUT2D eigenvalue weighted by Crippen LogP contribution is 2.22. The third-order valence-electron chi connectivity index (χ3n) is 3.94. The first-order valence-electron chi connectivity index (χ1n) is 7.45.